The van der Waals surface area contributed by atoms with Crippen LogP contribution in [0.1, 0.15) is 87.3 Å². The molecule has 10 heteroatoms. The average molecular weight is 638 g/mol. The van der Waals surface area contributed by atoms with Crippen LogP contribution in [0.15, 0.2) is 42.7 Å². The predicted octanol–water partition coefficient (Wildman–Crippen LogP) is 6.87. The molecule has 3 aliphatic rings. The van der Waals surface area contributed by atoms with Gasteiger partial charge >= 0.3 is 0 Å². The molecule has 4 heterocycles. The van der Waals surface area contributed by atoms with Crippen molar-refractivity contribution in [2.75, 3.05) is 30.4 Å². The summed E-state index contributed by atoms with van der Waals surface area (Å²) in [6, 6.07) is 11.8. The Hall–Kier alpha value is -4.31. The highest BCUT2D eigenvalue weighted by molar-refractivity contribution is 6.09. The fraction of sp³-hybridized carbons (Fsp3) is 0.459. The van der Waals surface area contributed by atoms with Gasteiger partial charge in [-0.05, 0) is 109 Å². The number of halogens is 1. The predicted molar refractivity (Wildman–Crippen MR) is 184 cm³/mol. The van der Waals surface area contributed by atoms with E-state index in [2.05, 4.69) is 41.5 Å². The largest absolute Gasteiger partial charge is 0.355 e. The Morgan fingerprint density at radius 2 is 1.79 bits per heavy atom. The molecule has 1 saturated heterocycles. The van der Waals surface area contributed by atoms with Crippen molar-refractivity contribution in [3.05, 3.63) is 65.2 Å². The number of pyridine rings is 1. The molecule has 0 radical (unpaired) electrons. The zero-order valence-electron chi connectivity index (χ0n) is 28.2. The lowest BCUT2D eigenvalue weighted by Crippen LogP contribution is -2.57. The lowest BCUT2D eigenvalue weighted by atomic mass is 9.82. The van der Waals surface area contributed by atoms with E-state index < -0.39 is 11.2 Å². The van der Waals surface area contributed by atoms with Crippen molar-refractivity contribution >= 4 is 40.0 Å². The van der Waals surface area contributed by atoms with Crippen LogP contribution in [-0.2, 0) is 10.2 Å². The van der Waals surface area contributed by atoms with Crippen LogP contribution in [0, 0.1) is 12.7 Å². The van der Waals surface area contributed by atoms with Gasteiger partial charge in [0, 0.05) is 42.0 Å². The molecule has 9 nitrogen and oxygen atoms in total. The van der Waals surface area contributed by atoms with Gasteiger partial charge in [0.15, 0.2) is 5.82 Å². The molecule has 2 aromatic heterocycles. The van der Waals surface area contributed by atoms with Gasteiger partial charge in [-0.25, -0.2) is 14.4 Å². The highest BCUT2D eigenvalue weighted by Gasteiger charge is 2.50. The first-order chi connectivity index (χ1) is 22.5. The number of likely N-dealkylation sites (tertiary alicyclic amines) is 1. The Morgan fingerprint density at radius 1 is 1.04 bits per heavy atom. The maximum Gasteiger partial charge on any atom is 0.251 e. The average Bonchev–Trinajstić information content (AvgIpc) is 3.55. The zero-order valence-corrected chi connectivity index (χ0v) is 28.2. The van der Waals surface area contributed by atoms with E-state index in [9.17, 15) is 9.59 Å². The number of amides is 2. The summed E-state index contributed by atoms with van der Waals surface area (Å²) in [5.41, 5.74) is 5.39. The Morgan fingerprint density at radius 3 is 2.49 bits per heavy atom. The molecule has 0 atom stereocenters. The second-order valence-corrected chi connectivity index (χ2v) is 14.2. The van der Waals surface area contributed by atoms with Crippen LogP contribution in [0.2, 0.25) is 0 Å². The topological polar surface area (TPSA) is 95.4 Å². The highest BCUT2D eigenvalue weighted by atomic mass is 19.1. The molecule has 1 saturated carbocycles. The molecule has 47 heavy (non-hydrogen) atoms. The smallest absolute Gasteiger partial charge is 0.251 e. The van der Waals surface area contributed by atoms with Crippen LogP contribution >= 0.6 is 0 Å². The zero-order chi connectivity index (χ0) is 33.2. The molecule has 7 rings (SSSR count). The van der Waals surface area contributed by atoms with Gasteiger partial charge in [-0.1, -0.05) is 18.6 Å². The van der Waals surface area contributed by atoms with Crippen LogP contribution in [0.5, 0.6) is 0 Å². The normalized spacial score (nSPS) is 20.9. The number of aromatic nitrogens is 3. The number of rotatable bonds is 7. The number of hydrogen-bond acceptors (Lipinski definition) is 6. The summed E-state index contributed by atoms with van der Waals surface area (Å²) in [7, 11) is 1.55. The third-order valence-corrected chi connectivity index (χ3v) is 10.5. The summed E-state index contributed by atoms with van der Waals surface area (Å²) < 4.78 is 17.4. The number of anilines is 3. The number of benzene rings is 2. The SMILES string of the molecule is CNC(=O)c1cc(Nc2nc(-c3ccc4c(c3)N(C3CC(N5CCCCC5)C3)C(=O)C4(C)C)cc3ncn(C(C)C)c23)c(F)cc1C. The minimum Gasteiger partial charge on any atom is -0.355 e. The van der Waals surface area contributed by atoms with Crippen molar-refractivity contribution in [2.24, 2.45) is 0 Å². The molecule has 4 aromatic rings. The fourth-order valence-corrected chi connectivity index (χ4v) is 7.62. The number of nitrogens with one attached hydrogen (secondary N) is 2. The third kappa shape index (κ3) is 5.26. The van der Waals surface area contributed by atoms with Gasteiger partial charge in [0.05, 0.1) is 28.6 Å². The standard InChI is InChI=1S/C37H44FN7O2/c1-21(2)44-20-40-31-19-29(41-34(33(31)44)42-30-18-26(35(46)39-6)22(3)14-28(30)38)23-10-11-27-32(15-23)45(36(47)37(27,4)5)25-16-24(17-25)43-12-8-7-9-13-43/h10-11,14-15,18-21,24-25H,7-9,12-13,16-17H2,1-6H3,(H,39,46)(H,41,42). The van der Waals surface area contributed by atoms with Crippen LogP contribution in [0.4, 0.5) is 21.6 Å². The highest BCUT2D eigenvalue weighted by Crippen LogP contribution is 2.48. The molecule has 1 aliphatic carbocycles. The Bertz CT molecular complexity index is 1890. The monoisotopic (exact) mass is 637 g/mol. The van der Waals surface area contributed by atoms with E-state index in [0.29, 0.717) is 34.2 Å². The van der Waals surface area contributed by atoms with Crippen molar-refractivity contribution in [1.82, 2.24) is 24.8 Å². The lowest BCUT2D eigenvalue weighted by Gasteiger charge is -2.48. The van der Waals surface area contributed by atoms with Crippen molar-refractivity contribution in [1.29, 1.82) is 0 Å². The summed E-state index contributed by atoms with van der Waals surface area (Å²) in [6.07, 6.45) is 7.60. The van der Waals surface area contributed by atoms with Crippen LogP contribution in [-0.4, -0.2) is 63.5 Å². The summed E-state index contributed by atoms with van der Waals surface area (Å²) >= 11 is 0. The number of hydrogen-bond donors (Lipinski definition) is 2. The van der Waals surface area contributed by atoms with Crippen molar-refractivity contribution in [2.45, 2.75) is 90.3 Å². The van der Waals surface area contributed by atoms with Gasteiger partial charge in [-0.3, -0.25) is 9.59 Å². The Labute approximate surface area is 275 Å². The number of carbonyl (C=O) groups excluding carboxylic acids is 2. The maximum atomic E-state index is 15.4. The first-order valence-electron chi connectivity index (χ1n) is 16.9. The van der Waals surface area contributed by atoms with Gasteiger partial charge in [0.1, 0.15) is 11.3 Å². The number of fused-ring (bicyclic) bond motifs is 2. The van der Waals surface area contributed by atoms with Gasteiger partial charge < -0.3 is 25.0 Å². The number of nitrogens with zero attached hydrogens (tertiary/aromatic N) is 5. The molecule has 0 bridgehead atoms. The lowest BCUT2D eigenvalue weighted by molar-refractivity contribution is -0.123. The van der Waals surface area contributed by atoms with Gasteiger partial charge in [0.2, 0.25) is 5.91 Å². The summed E-state index contributed by atoms with van der Waals surface area (Å²) in [5, 5.41) is 5.84. The van der Waals surface area contributed by atoms with E-state index in [0.717, 1.165) is 48.3 Å². The number of aryl methyl sites for hydroxylation is 1. The molecular formula is C37H44FN7O2. The second kappa shape index (κ2) is 11.7. The third-order valence-electron chi connectivity index (χ3n) is 10.5. The summed E-state index contributed by atoms with van der Waals surface area (Å²) in [5.74, 6) is -0.191. The van der Waals surface area contributed by atoms with Gasteiger partial charge in [0.25, 0.3) is 5.91 Å². The van der Waals surface area contributed by atoms with E-state index in [4.69, 9.17) is 9.97 Å². The van der Waals surface area contributed by atoms with E-state index in [1.807, 2.05) is 35.4 Å². The van der Waals surface area contributed by atoms with Crippen molar-refractivity contribution in [3.63, 3.8) is 0 Å². The van der Waals surface area contributed by atoms with E-state index in [-0.39, 0.29) is 29.6 Å². The summed E-state index contributed by atoms with van der Waals surface area (Å²) in [6.45, 7) is 12.2. The molecule has 2 amide bonds. The fourth-order valence-electron chi connectivity index (χ4n) is 7.62. The molecule has 2 aromatic carbocycles. The molecule has 2 aliphatic heterocycles. The molecule has 0 spiro atoms. The summed E-state index contributed by atoms with van der Waals surface area (Å²) in [4.78, 5) is 40.9. The maximum absolute atomic E-state index is 15.4. The van der Waals surface area contributed by atoms with Crippen LogP contribution in [0.25, 0.3) is 22.3 Å². The van der Waals surface area contributed by atoms with Gasteiger partial charge in [-0.15, -0.1) is 0 Å². The van der Waals surface area contributed by atoms with Crippen LogP contribution in [0.3, 0.4) is 0 Å². The quantitative estimate of drug-likeness (QED) is 0.230. The van der Waals surface area contributed by atoms with Crippen molar-refractivity contribution < 1.29 is 14.0 Å². The minimum atomic E-state index is -0.615. The second-order valence-electron chi connectivity index (χ2n) is 14.2. The molecular weight excluding hydrogens is 593 g/mol. The number of imidazole rings is 1. The number of carbonyl (C=O) groups is 2. The Balaban J connectivity index is 1.28. The number of piperidine rings is 1. The van der Waals surface area contributed by atoms with E-state index in [1.54, 1.807) is 20.3 Å². The first kappa shape index (κ1) is 31.3. The molecule has 0 unspecified atom stereocenters. The van der Waals surface area contributed by atoms with Crippen LogP contribution < -0.4 is 15.5 Å². The molecule has 246 valence electrons. The van der Waals surface area contributed by atoms with Gasteiger partial charge in [-0.2, -0.15) is 0 Å². The minimum absolute atomic E-state index is 0.0792. The first-order valence-corrected chi connectivity index (χ1v) is 16.9. The molecule has 2 fully saturated rings. The Kier molecular flexibility index (Phi) is 7.82. The van der Waals surface area contributed by atoms with Crippen molar-refractivity contribution in [3.8, 4) is 11.3 Å². The van der Waals surface area contributed by atoms with E-state index >= 15 is 4.39 Å². The molecule has 2 N–H and O–H groups in total. The van der Waals surface area contributed by atoms with E-state index in [1.165, 1.54) is 31.4 Å².